The van der Waals surface area contributed by atoms with Gasteiger partial charge in [0.05, 0.1) is 63.4 Å². The minimum absolute atomic E-state index is 0.0614. The van der Waals surface area contributed by atoms with Crippen molar-refractivity contribution in [3.63, 3.8) is 0 Å². The Kier molecular flexibility index (Phi) is 23.3. The maximum absolute atomic E-state index is 13.6. The molecule has 428 valence electrons. The van der Waals surface area contributed by atoms with Crippen LogP contribution in [-0.4, -0.2) is 80.3 Å². The van der Waals surface area contributed by atoms with Crippen molar-refractivity contribution in [2.45, 2.75) is 112 Å². The van der Waals surface area contributed by atoms with Crippen molar-refractivity contribution in [1.82, 2.24) is 19.8 Å². The Morgan fingerprint density at radius 1 is 0.725 bits per heavy atom. The van der Waals surface area contributed by atoms with Gasteiger partial charge in [0.2, 0.25) is 11.8 Å². The lowest BCUT2D eigenvalue weighted by Gasteiger charge is -2.36. The first kappa shape index (κ1) is 63.5. The van der Waals surface area contributed by atoms with Gasteiger partial charge in [-0.15, -0.1) is 0 Å². The topological polar surface area (TPSA) is 130 Å². The molecule has 0 bridgehead atoms. The van der Waals surface area contributed by atoms with Gasteiger partial charge >= 0.3 is 5.97 Å². The first-order valence-corrected chi connectivity index (χ1v) is 30.8. The van der Waals surface area contributed by atoms with E-state index in [1.807, 2.05) is 100 Å². The third-order valence-corrected chi connectivity index (χ3v) is 20.6. The van der Waals surface area contributed by atoms with Crippen molar-refractivity contribution in [2.75, 3.05) is 34.5 Å². The molecule has 80 heavy (non-hydrogen) atoms. The smallest absolute Gasteiger partial charge is 0.310 e. The van der Waals surface area contributed by atoms with Crippen LogP contribution in [0.25, 0.3) is 0 Å². The number of benzene rings is 4. The van der Waals surface area contributed by atoms with E-state index in [2.05, 4.69) is 66.3 Å². The second-order valence-corrected chi connectivity index (χ2v) is 27.8. The Hall–Kier alpha value is -5.68. The maximum atomic E-state index is 13.6. The zero-order chi connectivity index (χ0) is 59.9. The van der Waals surface area contributed by atoms with Crippen LogP contribution in [0.2, 0.25) is 38.2 Å². The second kappa shape index (κ2) is 29.3. The van der Waals surface area contributed by atoms with E-state index in [1.54, 1.807) is 29.0 Å². The van der Waals surface area contributed by atoms with Crippen LogP contribution in [0, 0.1) is 27.7 Å². The van der Waals surface area contributed by atoms with Crippen molar-refractivity contribution >= 4 is 88.4 Å². The number of rotatable bonds is 15. The van der Waals surface area contributed by atoms with Crippen molar-refractivity contribution in [3.05, 3.63) is 195 Å². The van der Waals surface area contributed by atoms with Crippen LogP contribution in [0.1, 0.15) is 104 Å². The summed E-state index contributed by atoms with van der Waals surface area (Å²) >= 11 is 29.3. The number of pyridine rings is 2. The van der Waals surface area contributed by atoms with E-state index < -0.39 is 21.4 Å². The molecule has 2 aromatic heterocycles. The van der Waals surface area contributed by atoms with E-state index in [4.69, 9.17) is 71.1 Å². The number of carbonyl (C=O) groups is 3. The maximum Gasteiger partial charge on any atom is 0.310 e. The monoisotopic (exact) mass is 1250 g/mol. The van der Waals surface area contributed by atoms with Crippen molar-refractivity contribution in [3.8, 4) is 11.8 Å². The summed E-state index contributed by atoms with van der Waals surface area (Å²) in [5, 5.41) is 1.82. The molecule has 0 spiro atoms. The summed E-state index contributed by atoms with van der Waals surface area (Å²) in [6.45, 7) is 24.9. The highest BCUT2D eigenvalue weighted by molar-refractivity contribution is 9.10. The Morgan fingerprint density at radius 2 is 1.15 bits per heavy atom. The molecule has 0 saturated heterocycles. The van der Waals surface area contributed by atoms with Gasteiger partial charge in [-0.1, -0.05) is 128 Å². The molecular weight excluding hydrogens is 1190 g/mol. The summed E-state index contributed by atoms with van der Waals surface area (Å²) in [5.74, 6) is 0.667. The van der Waals surface area contributed by atoms with Crippen molar-refractivity contribution in [2.24, 2.45) is 0 Å². The Morgan fingerprint density at radius 3 is 1.56 bits per heavy atom. The van der Waals surface area contributed by atoms with Crippen LogP contribution in [0.15, 0.2) is 102 Å². The van der Waals surface area contributed by atoms with E-state index in [1.165, 1.54) is 7.11 Å². The minimum atomic E-state index is -1.71. The summed E-state index contributed by atoms with van der Waals surface area (Å²) in [6.07, 6.45) is 1.14. The molecule has 2 amide bonds. The number of aryl methyl sites for hydroxylation is 4. The van der Waals surface area contributed by atoms with Crippen molar-refractivity contribution < 1.29 is 43.5 Å². The van der Waals surface area contributed by atoms with Crippen molar-refractivity contribution in [1.29, 1.82) is 0 Å². The largest absolute Gasteiger partial charge is 0.519 e. The quantitative estimate of drug-likeness (QED) is 0.0424. The number of hydrogen-bond acceptors (Lipinski definition) is 10. The molecule has 2 aliphatic heterocycles. The van der Waals surface area contributed by atoms with Gasteiger partial charge in [-0.25, -0.2) is 9.97 Å². The Bertz CT molecular complexity index is 3210. The highest BCUT2D eigenvalue weighted by Gasteiger charge is 2.40. The molecule has 0 radical (unpaired) electrons. The van der Waals surface area contributed by atoms with Gasteiger partial charge in [0.1, 0.15) is 13.2 Å². The second-order valence-electron chi connectivity index (χ2n) is 20.6. The van der Waals surface area contributed by atoms with Gasteiger partial charge in [0.25, 0.3) is 26.1 Å². The van der Waals surface area contributed by atoms with Crippen LogP contribution < -0.4 is 9.47 Å². The Labute approximate surface area is 501 Å². The van der Waals surface area contributed by atoms with Gasteiger partial charge in [-0.2, -0.15) is 0 Å². The molecule has 8 rings (SSSR count). The molecule has 0 N–H and O–H groups in total. The molecular formula is C61H70BrCl4FN4O8Si. The molecule has 12 nitrogen and oxygen atoms in total. The number of amides is 2. The zero-order valence-electron chi connectivity index (χ0n) is 48.2. The molecule has 2 aliphatic rings. The summed E-state index contributed by atoms with van der Waals surface area (Å²) in [5.41, 5.74) is 10.3. The molecule has 4 aromatic carbocycles. The van der Waals surface area contributed by atoms with E-state index in [0.717, 1.165) is 50.3 Å². The number of alkyl halides is 1. The molecule has 6 aromatic rings. The fourth-order valence-electron chi connectivity index (χ4n) is 8.55. The molecule has 0 saturated carbocycles. The fraction of sp³-hybridized carbons (Fsp3) is 0.361. The molecule has 0 atom stereocenters. The van der Waals surface area contributed by atoms with E-state index in [9.17, 15) is 18.8 Å². The van der Waals surface area contributed by atoms with Gasteiger partial charge < -0.3 is 33.2 Å². The number of hydrogen-bond donors (Lipinski definition) is 0. The third kappa shape index (κ3) is 16.7. The summed E-state index contributed by atoms with van der Waals surface area (Å²) < 4.78 is 43.6. The minimum Gasteiger partial charge on any atom is -0.519 e. The third-order valence-electron chi connectivity index (χ3n) is 13.9. The first-order chi connectivity index (χ1) is 38.2. The van der Waals surface area contributed by atoms with Gasteiger partial charge in [0.15, 0.2) is 0 Å². The molecule has 19 heteroatoms. The Balaban J connectivity index is 0.000000240. The average Bonchev–Trinajstić information content (AvgIpc) is 3.44. The van der Waals surface area contributed by atoms with E-state index >= 15 is 0 Å². The van der Waals surface area contributed by atoms with Crippen LogP contribution in [-0.2, 0) is 64.3 Å². The van der Waals surface area contributed by atoms with Gasteiger partial charge in [0, 0.05) is 50.1 Å². The van der Waals surface area contributed by atoms with Crippen LogP contribution in [0.3, 0.4) is 0 Å². The number of methoxy groups -OCH3 is 2. The molecule has 0 unspecified atom stereocenters. The first-order valence-electron chi connectivity index (χ1n) is 26.3. The lowest BCUT2D eigenvalue weighted by Crippen LogP contribution is -2.40. The number of carbonyl (C=O) groups excluding carboxylic acids is 3. The average molecular weight is 1260 g/mol. The number of fused-ring (bicyclic) bond motifs is 2. The normalized spacial score (nSPS) is 12.9. The number of esters is 1. The van der Waals surface area contributed by atoms with Crippen LogP contribution >= 0.6 is 62.3 Å². The summed E-state index contributed by atoms with van der Waals surface area (Å²) in [6, 6.07) is 27.2. The predicted octanol–water partition coefficient (Wildman–Crippen LogP) is 15.8. The lowest BCUT2D eigenvalue weighted by molar-refractivity contribution is -0.139. The summed E-state index contributed by atoms with van der Waals surface area (Å²) in [7, 11) is 0.169. The molecule has 4 heterocycles. The van der Waals surface area contributed by atoms with E-state index in [-0.39, 0.29) is 28.3 Å². The molecule has 0 fully saturated rings. The number of halogens is 6. The fourth-order valence-corrected chi connectivity index (χ4v) is 11.3. The standard InChI is InChI=1S/C27H26Cl2N2O4.C24H21BrCl2N2O2.C9H20O2Si.CH3F/c1-16-11-17(2)30-26(35-15-18-7-5-4-6-8-18)21(16)14-31-10-9-20-22(28)12-19(13-23(32)34-3)25(29)24(20)27(31)33;1-14-10-15(2)28-23(31-13-16-6-4-3-5-7-16)18(14)12-29-9-8-17-20(26)11-19(25)22(27)21(17)24(29)30;1-8(10-5)11-12(6,7)9(2,3)4;1-2/h4-8,11-12H,9-10,13-15H2,1-3H3;3-7,10-11H,8-9,12-13H2,1-2H3;1H2,2-7H3;1H3/i;;;1D. The highest BCUT2D eigenvalue weighted by Crippen LogP contribution is 2.40. The highest BCUT2D eigenvalue weighted by atomic mass is 79.9. The number of nitrogens with zero attached hydrogens (tertiary/aromatic N) is 4. The van der Waals surface area contributed by atoms with Crippen LogP contribution in [0.5, 0.6) is 11.8 Å². The van der Waals surface area contributed by atoms with E-state index in [0.29, 0.717) is 112 Å². The molecule has 0 aliphatic carbocycles. The number of aromatic nitrogens is 2. The van der Waals surface area contributed by atoms with Gasteiger partial charge in [-0.3, -0.25) is 18.8 Å². The zero-order valence-corrected chi connectivity index (χ0v) is 52.8. The number of ether oxygens (including phenoxy) is 4. The summed E-state index contributed by atoms with van der Waals surface area (Å²) in [4.78, 5) is 51.5. The lowest BCUT2D eigenvalue weighted by atomic mass is 9.94. The predicted molar refractivity (Wildman–Crippen MR) is 324 cm³/mol. The van der Waals surface area contributed by atoms with Gasteiger partial charge in [-0.05, 0) is 144 Å². The SMILES string of the molecule is C=C(OC)O[Si](C)(C)C(C)(C)C.COC(=O)Cc1cc(Cl)c2c(c1Cl)C(=O)N(Cc1c(C)cc(C)nc1OCc1ccccc1)CC2.Cc1cc(C)c(CN2CCc3c(Cl)cc(Br)c(Cl)c3C2=O)c(OCc2ccccc2)n1.[2H]CF. The van der Waals surface area contributed by atoms with Crippen LogP contribution in [0.4, 0.5) is 4.39 Å².